The maximum Gasteiger partial charge on any atom is 0.319 e. The zero-order valence-corrected chi connectivity index (χ0v) is 13.1. The quantitative estimate of drug-likeness (QED) is 0.644. The summed E-state index contributed by atoms with van der Waals surface area (Å²) in [6.45, 7) is 1.97. The van der Waals surface area contributed by atoms with Gasteiger partial charge in [-0.1, -0.05) is 18.2 Å². The second kappa shape index (κ2) is 6.05. The number of primary amides is 1. The van der Waals surface area contributed by atoms with Gasteiger partial charge < -0.3 is 10.7 Å². The van der Waals surface area contributed by atoms with E-state index < -0.39 is 11.9 Å². The lowest BCUT2D eigenvalue weighted by Gasteiger charge is -1.99. The van der Waals surface area contributed by atoms with Crippen molar-refractivity contribution in [3.8, 4) is 0 Å². The first kappa shape index (κ1) is 15.0. The number of aliphatic imine (C=N–C) groups is 1. The third kappa shape index (κ3) is 3.00. The van der Waals surface area contributed by atoms with Crippen LogP contribution in [0.25, 0.3) is 10.9 Å². The van der Waals surface area contributed by atoms with Gasteiger partial charge in [0.15, 0.2) is 0 Å². The molecule has 0 aliphatic heterocycles. The molecule has 116 valence electrons. The molecule has 3 rings (SSSR count). The number of nitrogens with two attached hydrogens (primary N) is 1. The highest BCUT2D eigenvalue weighted by atomic mass is 32.1. The number of thiophene rings is 1. The van der Waals surface area contributed by atoms with Crippen molar-refractivity contribution in [2.45, 2.75) is 6.92 Å². The maximum atomic E-state index is 11.9. The van der Waals surface area contributed by atoms with Crippen molar-refractivity contribution in [1.82, 2.24) is 10.3 Å². The van der Waals surface area contributed by atoms with Crippen LogP contribution >= 0.6 is 11.3 Å². The van der Waals surface area contributed by atoms with Crippen LogP contribution in [0.4, 0.5) is 9.80 Å². The standard InChI is InChI=1S/C16H14N4O2S/c1-9-12(10-4-2-3-5-13(10)19-9)8-18-15-11(6-7-23-15)14(21)20-16(17)22/h2-8,19H,1H3,(H3,17,20,21,22)/b18-8+. The lowest BCUT2D eigenvalue weighted by molar-refractivity contribution is 0.0967. The van der Waals surface area contributed by atoms with Crippen LogP contribution in [0, 0.1) is 6.92 Å². The van der Waals surface area contributed by atoms with Crippen LogP contribution in [-0.4, -0.2) is 23.1 Å². The van der Waals surface area contributed by atoms with Gasteiger partial charge in [-0.15, -0.1) is 11.3 Å². The molecular weight excluding hydrogens is 312 g/mol. The third-order valence-corrected chi connectivity index (χ3v) is 4.20. The van der Waals surface area contributed by atoms with E-state index in [-0.39, 0.29) is 0 Å². The third-order valence-electron chi connectivity index (χ3n) is 3.38. The maximum absolute atomic E-state index is 11.9. The molecule has 2 aromatic heterocycles. The van der Waals surface area contributed by atoms with Gasteiger partial charge in [0.25, 0.3) is 5.91 Å². The number of para-hydroxylation sites is 1. The predicted octanol–water partition coefficient (Wildman–Crippen LogP) is 3.10. The number of carbonyl (C=O) groups is 2. The largest absolute Gasteiger partial charge is 0.358 e. The van der Waals surface area contributed by atoms with Crippen LogP contribution in [0.2, 0.25) is 0 Å². The molecule has 1 aromatic carbocycles. The van der Waals surface area contributed by atoms with Crippen LogP contribution in [0.5, 0.6) is 0 Å². The molecular formula is C16H14N4O2S. The Morgan fingerprint density at radius 3 is 2.87 bits per heavy atom. The van der Waals surface area contributed by atoms with Gasteiger partial charge in [-0.05, 0) is 24.4 Å². The number of hydrogen-bond donors (Lipinski definition) is 3. The fourth-order valence-electron chi connectivity index (χ4n) is 2.34. The summed E-state index contributed by atoms with van der Waals surface area (Å²) in [5.74, 6) is -0.554. The minimum absolute atomic E-state index is 0.322. The number of aryl methyl sites for hydroxylation is 1. The van der Waals surface area contributed by atoms with E-state index in [1.54, 1.807) is 17.7 Å². The van der Waals surface area contributed by atoms with Crippen molar-refractivity contribution < 1.29 is 9.59 Å². The number of imide groups is 1. The topological polar surface area (TPSA) is 100 Å². The summed E-state index contributed by atoms with van der Waals surface area (Å²) in [5.41, 5.74) is 8.29. The normalized spacial score (nSPS) is 11.2. The number of nitrogens with one attached hydrogen (secondary N) is 2. The van der Waals surface area contributed by atoms with Crippen molar-refractivity contribution in [2.75, 3.05) is 0 Å². The number of urea groups is 1. The summed E-state index contributed by atoms with van der Waals surface area (Å²) in [4.78, 5) is 30.4. The summed E-state index contributed by atoms with van der Waals surface area (Å²) in [6, 6.07) is 8.65. The van der Waals surface area contributed by atoms with Crippen molar-refractivity contribution in [3.63, 3.8) is 0 Å². The van der Waals surface area contributed by atoms with E-state index in [1.807, 2.05) is 36.5 Å². The van der Waals surface area contributed by atoms with Crippen LogP contribution in [0.3, 0.4) is 0 Å². The molecule has 6 nitrogen and oxygen atoms in total. The molecule has 0 bridgehead atoms. The number of benzene rings is 1. The van der Waals surface area contributed by atoms with Crippen molar-refractivity contribution >= 4 is 45.4 Å². The van der Waals surface area contributed by atoms with Gasteiger partial charge in [-0.3, -0.25) is 10.1 Å². The number of aromatic amines is 1. The summed E-state index contributed by atoms with van der Waals surface area (Å²) in [7, 11) is 0. The van der Waals surface area contributed by atoms with E-state index in [1.165, 1.54) is 11.3 Å². The average molecular weight is 326 g/mol. The molecule has 0 saturated carbocycles. The minimum Gasteiger partial charge on any atom is -0.358 e. The number of fused-ring (bicyclic) bond motifs is 1. The second-order valence-corrected chi connectivity index (χ2v) is 5.82. The Balaban J connectivity index is 1.94. The van der Waals surface area contributed by atoms with Gasteiger partial charge >= 0.3 is 6.03 Å². The molecule has 0 radical (unpaired) electrons. The van der Waals surface area contributed by atoms with E-state index in [4.69, 9.17) is 5.73 Å². The Labute approximate surface area is 136 Å². The van der Waals surface area contributed by atoms with Gasteiger partial charge in [0.2, 0.25) is 0 Å². The van der Waals surface area contributed by atoms with Crippen LogP contribution in [0.1, 0.15) is 21.6 Å². The summed E-state index contributed by atoms with van der Waals surface area (Å²) in [6.07, 6.45) is 1.72. The lowest BCUT2D eigenvalue weighted by atomic mass is 10.1. The molecule has 0 aliphatic rings. The number of hydrogen-bond acceptors (Lipinski definition) is 4. The number of H-pyrrole nitrogens is 1. The van der Waals surface area contributed by atoms with Gasteiger partial charge in [-0.25, -0.2) is 9.79 Å². The van der Waals surface area contributed by atoms with E-state index >= 15 is 0 Å². The van der Waals surface area contributed by atoms with E-state index in [9.17, 15) is 9.59 Å². The first-order valence-corrected chi connectivity index (χ1v) is 7.74. The van der Waals surface area contributed by atoms with Crippen LogP contribution in [0.15, 0.2) is 40.7 Å². The summed E-state index contributed by atoms with van der Waals surface area (Å²) in [5, 5.41) is 5.37. The first-order chi connectivity index (χ1) is 11.1. The summed E-state index contributed by atoms with van der Waals surface area (Å²) < 4.78 is 0. The SMILES string of the molecule is Cc1[nH]c2ccccc2c1/C=N/c1sccc1C(=O)NC(N)=O. The molecule has 23 heavy (non-hydrogen) atoms. The highest BCUT2D eigenvalue weighted by Gasteiger charge is 2.14. The second-order valence-electron chi connectivity index (χ2n) is 4.93. The highest BCUT2D eigenvalue weighted by molar-refractivity contribution is 7.14. The molecule has 0 fully saturated rings. The zero-order valence-electron chi connectivity index (χ0n) is 12.3. The Morgan fingerprint density at radius 2 is 2.09 bits per heavy atom. The van der Waals surface area contributed by atoms with E-state index in [0.29, 0.717) is 10.6 Å². The van der Waals surface area contributed by atoms with Gasteiger partial charge in [-0.2, -0.15) is 0 Å². The Hall–Kier alpha value is -2.93. The molecule has 0 atom stereocenters. The molecule has 2 heterocycles. The van der Waals surface area contributed by atoms with E-state index in [2.05, 4.69) is 9.98 Å². The Kier molecular flexibility index (Phi) is 3.94. The van der Waals surface area contributed by atoms with Crippen molar-refractivity contribution in [1.29, 1.82) is 0 Å². The van der Waals surface area contributed by atoms with E-state index in [0.717, 1.165) is 22.2 Å². The van der Waals surface area contributed by atoms with Gasteiger partial charge in [0.05, 0.1) is 5.56 Å². The fourth-order valence-corrected chi connectivity index (χ4v) is 3.08. The predicted molar refractivity (Wildman–Crippen MR) is 91.7 cm³/mol. The fraction of sp³-hybridized carbons (Fsp3) is 0.0625. The number of amides is 3. The first-order valence-electron chi connectivity index (χ1n) is 6.86. The van der Waals surface area contributed by atoms with Crippen LogP contribution < -0.4 is 11.1 Å². The van der Waals surface area contributed by atoms with Gasteiger partial charge in [0.1, 0.15) is 5.00 Å². The monoisotopic (exact) mass is 326 g/mol. The molecule has 0 aliphatic carbocycles. The number of nitrogens with zero attached hydrogens (tertiary/aromatic N) is 1. The lowest BCUT2D eigenvalue weighted by Crippen LogP contribution is -2.34. The smallest absolute Gasteiger partial charge is 0.319 e. The zero-order chi connectivity index (χ0) is 16.4. The van der Waals surface area contributed by atoms with Gasteiger partial charge in [0, 0.05) is 28.4 Å². The molecule has 7 heteroatoms. The van der Waals surface area contributed by atoms with Crippen molar-refractivity contribution in [3.05, 3.63) is 52.5 Å². The molecule has 0 saturated heterocycles. The number of carbonyl (C=O) groups excluding carboxylic acids is 2. The Bertz CT molecular complexity index is 923. The van der Waals surface area contributed by atoms with Crippen LogP contribution in [-0.2, 0) is 0 Å². The molecule has 0 spiro atoms. The average Bonchev–Trinajstić information content (AvgIpc) is 3.08. The molecule has 3 aromatic rings. The molecule has 4 N–H and O–H groups in total. The summed E-state index contributed by atoms with van der Waals surface area (Å²) >= 11 is 1.32. The molecule has 3 amide bonds. The Morgan fingerprint density at radius 1 is 1.30 bits per heavy atom. The highest BCUT2D eigenvalue weighted by Crippen LogP contribution is 2.27. The molecule has 0 unspecified atom stereocenters. The van der Waals surface area contributed by atoms with Crippen molar-refractivity contribution in [2.24, 2.45) is 10.7 Å². The number of rotatable bonds is 3. The minimum atomic E-state index is -0.886. The number of aromatic nitrogens is 1.